The Morgan fingerprint density at radius 3 is 1.62 bits per heavy atom. The second kappa shape index (κ2) is 18.0. The number of hydrogen-bond donors (Lipinski definition) is 0. The number of alkyl halides is 6. The van der Waals surface area contributed by atoms with Crippen molar-refractivity contribution in [2.24, 2.45) is 0 Å². The fourth-order valence-electron chi connectivity index (χ4n) is 12.8. The van der Waals surface area contributed by atoms with E-state index in [4.69, 9.17) is 23.4 Å². The van der Waals surface area contributed by atoms with E-state index < -0.39 is 57.6 Å². The van der Waals surface area contributed by atoms with E-state index in [2.05, 4.69) is 88.3 Å². The third-order valence-electron chi connectivity index (χ3n) is 18.0. The highest BCUT2D eigenvalue weighted by Crippen LogP contribution is 2.71. The molecule has 80 heavy (non-hydrogen) atoms. The second-order valence-electron chi connectivity index (χ2n) is 26.1. The molecule has 2 amide bonds. The molecular weight excluding hydrogens is 1090 g/mol. The first-order valence-electron chi connectivity index (χ1n) is 27.5. The van der Waals surface area contributed by atoms with Crippen LogP contribution in [0.1, 0.15) is 160 Å². The number of carbonyl (C=O) groups excluding carboxylic acids is 2. The number of rotatable bonds is 11. The maximum absolute atomic E-state index is 17.9. The summed E-state index contributed by atoms with van der Waals surface area (Å²) >= 11 is 4.18. The summed E-state index contributed by atoms with van der Waals surface area (Å²) in [7, 11) is 0. The van der Waals surface area contributed by atoms with Gasteiger partial charge in [-0.05, 0) is 99.3 Å². The average molecular weight is 1160 g/mol. The zero-order valence-corrected chi connectivity index (χ0v) is 49.4. The molecule has 6 aliphatic rings. The van der Waals surface area contributed by atoms with Crippen molar-refractivity contribution in [1.82, 2.24) is 9.80 Å². The van der Waals surface area contributed by atoms with Gasteiger partial charge in [0.1, 0.15) is 43.2 Å². The Kier molecular flexibility index (Phi) is 12.4. The van der Waals surface area contributed by atoms with Gasteiger partial charge in [-0.2, -0.15) is 26.3 Å². The lowest BCUT2D eigenvalue weighted by Crippen LogP contribution is -2.49. The molecule has 6 aromatic rings. The molecule has 0 spiro atoms. The molecule has 18 heteroatoms. The van der Waals surface area contributed by atoms with Crippen LogP contribution in [-0.2, 0) is 42.0 Å². The second-order valence-corrected chi connectivity index (χ2v) is 29.3. The molecule has 0 N–H and O–H groups in total. The quantitative estimate of drug-likeness (QED) is 0.119. The molecule has 0 bridgehead atoms. The number of furan rings is 1. The number of carbonyl (C=O) groups is 2. The Hall–Kier alpha value is -5.46. The van der Waals surface area contributed by atoms with Gasteiger partial charge in [0.25, 0.3) is 0 Å². The summed E-state index contributed by atoms with van der Waals surface area (Å²) in [5, 5.41) is -0.185. The van der Waals surface area contributed by atoms with E-state index in [1.54, 1.807) is 0 Å². The lowest BCUT2D eigenvalue weighted by atomic mass is 9.66. The van der Waals surface area contributed by atoms with Crippen molar-refractivity contribution in [3.8, 4) is 21.3 Å². The molecule has 4 aliphatic carbocycles. The maximum atomic E-state index is 17.9. The van der Waals surface area contributed by atoms with Crippen LogP contribution in [0, 0.1) is 0 Å². The van der Waals surface area contributed by atoms with Crippen LogP contribution in [0.15, 0.2) is 59.0 Å². The smallest absolute Gasteiger partial charge is 0.410 e. The zero-order valence-electron chi connectivity index (χ0n) is 46.9. The summed E-state index contributed by atoms with van der Waals surface area (Å²) in [5.74, 6) is -17.0. The highest BCUT2D eigenvalue weighted by Gasteiger charge is 2.82. The largest absolute Gasteiger partial charge is 0.488 e. The molecule has 426 valence electrons. The van der Waals surface area contributed by atoms with Crippen molar-refractivity contribution in [1.29, 1.82) is 0 Å². The summed E-state index contributed by atoms with van der Waals surface area (Å²) < 4.78 is 135. The van der Waals surface area contributed by atoms with E-state index >= 15 is 26.3 Å². The van der Waals surface area contributed by atoms with Gasteiger partial charge in [0.05, 0.1) is 26.2 Å². The van der Waals surface area contributed by atoms with Gasteiger partial charge in [0, 0.05) is 63.0 Å². The van der Waals surface area contributed by atoms with Gasteiger partial charge in [-0.15, -0.1) is 34.0 Å². The first kappa shape index (κ1) is 55.1. The van der Waals surface area contributed by atoms with Crippen molar-refractivity contribution in [3.05, 3.63) is 113 Å². The summed E-state index contributed by atoms with van der Waals surface area (Å²) in [6, 6.07) is 16.1. The van der Waals surface area contributed by atoms with Crippen LogP contribution in [0.3, 0.4) is 0 Å². The van der Waals surface area contributed by atoms with Gasteiger partial charge in [0.2, 0.25) is 0 Å². The van der Waals surface area contributed by atoms with Gasteiger partial charge in [-0.25, -0.2) is 9.59 Å². The number of ether oxygens (including phenoxy) is 4. The lowest BCUT2D eigenvalue weighted by molar-refractivity contribution is -0.254. The minimum Gasteiger partial charge on any atom is -0.488 e. The van der Waals surface area contributed by atoms with E-state index in [9.17, 15) is 9.59 Å². The molecule has 2 aliphatic heterocycles. The van der Waals surface area contributed by atoms with E-state index in [0.29, 0.717) is 21.9 Å². The number of thiophene rings is 3. The van der Waals surface area contributed by atoms with Crippen molar-refractivity contribution >= 4 is 68.3 Å². The molecule has 2 fully saturated rings. The molecular formula is C62H66F6N2O7S3. The van der Waals surface area contributed by atoms with Gasteiger partial charge in [-0.3, -0.25) is 0 Å². The first-order valence-corrected chi connectivity index (χ1v) is 29.9. The molecule has 6 heterocycles. The maximum Gasteiger partial charge on any atom is 0.410 e. The molecule has 2 aromatic carbocycles. The van der Waals surface area contributed by atoms with E-state index in [0.717, 1.165) is 68.3 Å². The number of fused-ring (bicyclic) bond motifs is 8. The topological polar surface area (TPSA) is 90.7 Å². The standard InChI is InChI=1S/C62H66F6N2O7S3/c1-54(2,3)33-12-14-34(15-13-33)59(44-31-38-51(80-44)58(10,11)19-17-56(38,6)7)48-45(35-28-40(73-24-20-69-22-26-75-52(69)71)41(32-39(35)77-48)74-25-21-70-23-27-76-53(70)72)47-46(60(63,64)62(67,68)61(47,65)66)36-29-42(78-49(36)59)43-30-37-50(79-43)57(8,9)18-16-55(37,4)5/h12-15,28-32H,16-27H2,1-11H3. The minimum absolute atomic E-state index is 0.0304. The number of halogens is 6. The monoisotopic (exact) mass is 1160 g/mol. The number of allylic oxidation sites excluding steroid dienone is 2. The number of benzene rings is 2. The van der Waals surface area contributed by atoms with Crippen LogP contribution in [-0.4, -0.2) is 92.4 Å². The fraction of sp³-hybridized carbons (Fsp3) is 0.516. The van der Waals surface area contributed by atoms with Crippen LogP contribution in [0.4, 0.5) is 35.9 Å². The van der Waals surface area contributed by atoms with Crippen LogP contribution >= 0.6 is 34.0 Å². The van der Waals surface area contributed by atoms with Crippen molar-refractivity contribution < 1.29 is 59.3 Å². The SMILES string of the molecule is CC(C)(C)c1ccc(C2(c3cc4c(s3)C(C)(C)CCC4(C)C)c3oc4cc(OCCN5CCOC5=O)c(OCCN5CCOC5=O)cc4c3C3=C(c4cc(-c5cc6c(s5)C(C)(C)CCC6(C)C)sc42)C(F)(F)C(F)(F)C3(F)F)cc1. The molecule has 12 rings (SSSR count). The summed E-state index contributed by atoms with van der Waals surface area (Å²) in [6.45, 7) is 24.4. The summed E-state index contributed by atoms with van der Waals surface area (Å²) in [5.41, 5.74) is -3.94. The molecule has 0 radical (unpaired) electrons. The molecule has 4 aromatic heterocycles. The Morgan fingerprint density at radius 2 is 1.10 bits per heavy atom. The third kappa shape index (κ3) is 8.07. The number of hydrogen-bond acceptors (Lipinski definition) is 10. The average Bonchev–Trinajstić information content (AvgIpc) is 4.46. The van der Waals surface area contributed by atoms with Crippen LogP contribution in [0.25, 0.3) is 31.9 Å². The Balaban J connectivity index is 1.21. The van der Waals surface area contributed by atoms with Gasteiger partial charge in [-0.1, -0.05) is 100 Å². The minimum atomic E-state index is -5.89. The van der Waals surface area contributed by atoms with Gasteiger partial charge < -0.3 is 33.2 Å². The predicted octanol–water partition coefficient (Wildman–Crippen LogP) is 16.5. The van der Waals surface area contributed by atoms with Crippen molar-refractivity contribution in [2.45, 2.75) is 152 Å². The van der Waals surface area contributed by atoms with Gasteiger partial charge in [0.15, 0.2) is 11.5 Å². The van der Waals surface area contributed by atoms with Crippen molar-refractivity contribution in [2.75, 3.05) is 52.6 Å². The number of amides is 2. The fourth-order valence-corrected chi connectivity index (χ4v) is 17.5. The Morgan fingerprint density at radius 1 is 0.600 bits per heavy atom. The lowest BCUT2D eigenvalue weighted by Gasteiger charge is -2.39. The zero-order chi connectivity index (χ0) is 57.3. The van der Waals surface area contributed by atoms with Crippen molar-refractivity contribution in [3.63, 3.8) is 0 Å². The van der Waals surface area contributed by atoms with E-state index in [1.807, 2.05) is 24.3 Å². The van der Waals surface area contributed by atoms with E-state index in [-0.39, 0.29) is 106 Å². The number of nitrogens with zero attached hydrogens (tertiary/aromatic N) is 2. The highest BCUT2D eigenvalue weighted by molar-refractivity contribution is 7.22. The summed E-state index contributed by atoms with van der Waals surface area (Å²) in [6.07, 6.45) is 2.36. The predicted molar refractivity (Wildman–Crippen MR) is 301 cm³/mol. The van der Waals surface area contributed by atoms with Gasteiger partial charge >= 0.3 is 30.0 Å². The van der Waals surface area contributed by atoms with Crippen LogP contribution in [0.5, 0.6) is 11.5 Å². The van der Waals surface area contributed by atoms with E-state index in [1.165, 1.54) is 50.7 Å². The van der Waals surface area contributed by atoms with Crippen LogP contribution in [0.2, 0.25) is 0 Å². The summed E-state index contributed by atoms with van der Waals surface area (Å²) in [4.78, 5) is 32.0. The first-order chi connectivity index (χ1) is 37.3. The van der Waals surface area contributed by atoms with Crippen LogP contribution < -0.4 is 9.47 Å². The molecule has 9 nitrogen and oxygen atoms in total. The molecule has 2 saturated heterocycles. The number of cyclic esters (lactones) is 2. The third-order valence-corrected chi connectivity index (χ3v) is 22.6. The normalized spacial score (nSPS) is 23.5. The Bertz CT molecular complexity index is 3510. The molecule has 0 saturated carbocycles. The molecule has 1 unspecified atom stereocenters. The Labute approximate surface area is 474 Å². The molecule has 1 atom stereocenters. The highest BCUT2D eigenvalue weighted by atomic mass is 32.1.